The molecule has 0 saturated carbocycles. The number of carbonyl (C=O) groups is 1. The average Bonchev–Trinajstić information content (AvgIpc) is 2.94. The molecule has 2 aromatic rings. The Morgan fingerprint density at radius 1 is 1.00 bits per heavy atom. The summed E-state index contributed by atoms with van der Waals surface area (Å²) in [5.74, 6) is 0.112. The van der Waals surface area contributed by atoms with Crippen molar-refractivity contribution in [2.45, 2.75) is 13.0 Å². The highest BCUT2D eigenvalue weighted by atomic mass is 16.2. The highest BCUT2D eigenvalue weighted by Gasteiger charge is 2.28. The Hall–Kier alpha value is -2.35. The van der Waals surface area contributed by atoms with Crippen LogP contribution in [0, 0.1) is 0 Å². The van der Waals surface area contributed by atoms with Crippen molar-refractivity contribution in [3.8, 4) is 0 Å². The third-order valence-corrected chi connectivity index (χ3v) is 3.73. The minimum atomic E-state index is 0.0453. The predicted molar refractivity (Wildman–Crippen MR) is 81.0 cm³/mol. The standard InChI is InChI=1S/C18H17NO/c1-14(20)19-13-17(15-8-4-2-5-9-15)12-18(19)16-10-6-3-7-11-16/h2-12,18H,13H2,1H3. The quantitative estimate of drug-likeness (QED) is 0.809. The number of hydrogen-bond donors (Lipinski definition) is 0. The molecule has 1 aliphatic rings. The number of nitrogens with zero attached hydrogens (tertiary/aromatic N) is 1. The molecular formula is C18H17NO. The van der Waals surface area contributed by atoms with Crippen LogP contribution >= 0.6 is 0 Å². The molecule has 1 heterocycles. The molecule has 2 aromatic carbocycles. The molecule has 0 spiro atoms. The van der Waals surface area contributed by atoms with Crippen LogP contribution in [0.3, 0.4) is 0 Å². The number of hydrogen-bond acceptors (Lipinski definition) is 1. The zero-order chi connectivity index (χ0) is 13.9. The fourth-order valence-electron chi connectivity index (χ4n) is 2.69. The van der Waals surface area contributed by atoms with Crippen molar-refractivity contribution in [3.63, 3.8) is 0 Å². The Balaban J connectivity index is 1.98. The van der Waals surface area contributed by atoms with Crippen LogP contribution in [0.25, 0.3) is 5.57 Å². The summed E-state index contributed by atoms with van der Waals surface area (Å²) in [5, 5.41) is 0. The molecule has 0 bridgehead atoms. The molecule has 1 atom stereocenters. The topological polar surface area (TPSA) is 20.3 Å². The summed E-state index contributed by atoms with van der Waals surface area (Å²) < 4.78 is 0. The summed E-state index contributed by atoms with van der Waals surface area (Å²) in [7, 11) is 0. The first-order valence-electron chi connectivity index (χ1n) is 6.84. The van der Waals surface area contributed by atoms with E-state index >= 15 is 0 Å². The zero-order valence-corrected chi connectivity index (χ0v) is 11.5. The van der Waals surface area contributed by atoms with Gasteiger partial charge in [-0.05, 0) is 16.7 Å². The van der Waals surface area contributed by atoms with Gasteiger partial charge in [-0.25, -0.2) is 0 Å². The summed E-state index contributed by atoms with van der Waals surface area (Å²) in [6.45, 7) is 2.32. The zero-order valence-electron chi connectivity index (χ0n) is 11.5. The van der Waals surface area contributed by atoms with Gasteiger partial charge in [0.15, 0.2) is 0 Å². The van der Waals surface area contributed by atoms with Crippen molar-refractivity contribution >= 4 is 11.5 Å². The van der Waals surface area contributed by atoms with E-state index < -0.39 is 0 Å². The molecule has 3 rings (SSSR count). The summed E-state index contributed by atoms with van der Waals surface area (Å²) in [4.78, 5) is 13.8. The van der Waals surface area contributed by atoms with Crippen molar-refractivity contribution in [2.24, 2.45) is 0 Å². The maximum absolute atomic E-state index is 11.9. The van der Waals surface area contributed by atoms with Crippen LogP contribution in [-0.4, -0.2) is 17.4 Å². The molecule has 0 radical (unpaired) electrons. The molecule has 2 heteroatoms. The van der Waals surface area contributed by atoms with E-state index in [0.717, 1.165) is 5.56 Å². The predicted octanol–water partition coefficient (Wildman–Crippen LogP) is 3.67. The lowest BCUT2D eigenvalue weighted by atomic mass is 10.0. The molecule has 1 amide bonds. The lowest BCUT2D eigenvalue weighted by molar-refractivity contribution is -0.129. The van der Waals surface area contributed by atoms with E-state index in [9.17, 15) is 4.79 Å². The van der Waals surface area contributed by atoms with Crippen LogP contribution in [0.5, 0.6) is 0 Å². The van der Waals surface area contributed by atoms with Gasteiger partial charge in [0.05, 0.1) is 6.04 Å². The Morgan fingerprint density at radius 2 is 1.60 bits per heavy atom. The molecule has 0 aromatic heterocycles. The maximum Gasteiger partial charge on any atom is 0.220 e. The van der Waals surface area contributed by atoms with Gasteiger partial charge in [-0.2, -0.15) is 0 Å². The van der Waals surface area contributed by atoms with E-state index in [0.29, 0.717) is 6.54 Å². The molecule has 0 N–H and O–H groups in total. The van der Waals surface area contributed by atoms with E-state index in [2.05, 4.69) is 30.3 Å². The summed E-state index contributed by atoms with van der Waals surface area (Å²) in [5.41, 5.74) is 3.57. The molecular weight excluding hydrogens is 246 g/mol. The Kier molecular flexibility index (Phi) is 3.38. The summed E-state index contributed by atoms with van der Waals surface area (Å²) in [6.07, 6.45) is 2.20. The Bertz CT molecular complexity index is 631. The van der Waals surface area contributed by atoms with Gasteiger partial charge >= 0.3 is 0 Å². The largest absolute Gasteiger partial charge is 0.328 e. The van der Waals surface area contributed by atoms with Crippen LogP contribution in [0.2, 0.25) is 0 Å². The van der Waals surface area contributed by atoms with Gasteiger partial charge in [0.25, 0.3) is 0 Å². The first-order valence-corrected chi connectivity index (χ1v) is 6.84. The minimum Gasteiger partial charge on any atom is -0.328 e. The number of carbonyl (C=O) groups excluding carboxylic acids is 1. The van der Waals surface area contributed by atoms with E-state index in [-0.39, 0.29) is 11.9 Å². The van der Waals surface area contributed by atoms with Crippen LogP contribution in [-0.2, 0) is 4.79 Å². The SMILES string of the molecule is CC(=O)N1CC(c2ccccc2)=CC1c1ccccc1. The van der Waals surface area contributed by atoms with E-state index in [1.54, 1.807) is 6.92 Å². The number of amides is 1. The average molecular weight is 263 g/mol. The Labute approximate surface area is 119 Å². The molecule has 100 valence electrons. The first kappa shape index (κ1) is 12.7. The minimum absolute atomic E-state index is 0.0453. The van der Waals surface area contributed by atoms with Gasteiger partial charge in [-0.1, -0.05) is 66.7 Å². The monoisotopic (exact) mass is 263 g/mol. The lowest BCUT2D eigenvalue weighted by Gasteiger charge is -2.23. The van der Waals surface area contributed by atoms with Gasteiger partial charge in [0, 0.05) is 13.5 Å². The molecule has 0 fully saturated rings. The van der Waals surface area contributed by atoms with Gasteiger partial charge < -0.3 is 4.90 Å². The van der Waals surface area contributed by atoms with E-state index in [4.69, 9.17) is 0 Å². The molecule has 0 saturated heterocycles. The molecule has 1 aliphatic heterocycles. The second-order valence-corrected chi connectivity index (χ2v) is 5.06. The second-order valence-electron chi connectivity index (χ2n) is 5.06. The van der Waals surface area contributed by atoms with E-state index in [1.165, 1.54) is 11.1 Å². The highest BCUT2D eigenvalue weighted by Crippen LogP contribution is 2.34. The van der Waals surface area contributed by atoms with Crippen molar-refractivity contribution in [3.05, 3.63) is 77.9 Å². The van der Waals surface area contributed by atoms with Gasteiger partial charge in [0.2, 0.25) is 5.91 Å². The molecule has 2 nitrogen and oxygen atoms in total. The van der Waals surface area contributed by atoms with Crippen molar-refractivity contribution in [1.82, 2.24) is 4.90 Å². The smallest absolute Gasteiger partial charge is 0.220 e. The fourth-order valence-corrected chi connectivity index (χ4v) is 2.69. The summed E-state index contributed by atoms with van der Waals surface area (Å²) >= 11 is 0. The third-order valence-electron chi connectivity index (χ3n) is 3.73. The van der Waals surface area contributed by atoms with Gasteiger partial charge in [-0.15, -0.1) is 0 Å². The summed E-state index contributed by atoms with van der Waals surface area (Å²) in [6, 6.07) is 20.5. The number of benzene rings is 2. The number of rotatable bonds is 2. The molecule has 20 heavy (non-hydrogen) atoms. The third kappa shape index (κ3) is 2.37. The van der Waals surface area contributed by atoms with Crippen LogP contribution in [0.1, 0.15) is 24.1 Å². The highest BCUT2D eigenvalue weighted by molar-refractivity contribution is 5.81. The molecule has 1 unspecified atom stereocenters. The van der Waals surface area contributed by atoms with Crippen LogP contribution < -0.4 is 0 Å². The molecule has 0 aliphatic carbocycles. The second kappa shape index (κ2) is 5.33. The lowest BCUT2D eigenvalue weighted by Crippen LogP contribution is -2.29. The van der Waals surface area contributed by atoms with Crippen LogP contribution in [0.4, 0.5) is 0 Å². The Morgan fingerprint density at radius 3 is 2.20 bits per heavy atom. The van der Waals surface area contributed by atoms with Gasteiger partial charge in [-0.3, -0.25) is 4.79 Å². The first-order chi connectivity index (χ1) is 9.75. The van der Waals surface area contributed by atoms with Crippen LogP contribution in [0.15, 0.2) is 66.7 Å². The fraction of sp³-hybridized carbons (Fsp3) is 0.167. The normalized spacial score (nSPS) is 17.9. The van der Waals surface area contributed by atoms with Crippen molar-refractivity contribution < 1.29 is 4.79 Å². The van der Waals surface area contributed by atoms with Crippen molar-refractivity contribution in [1.29, 1.82) is 0 Å². The van der Waals surface area contributed by atoms with E-state index in [1.807, 2.05) is 41.3 Å². The van der Waals surface area contributed by atoms with Gasteiger partial charge in [0.1, 0.15) is 0 Å². The maximum atomic E-state index is 11.9. The van der Waals surface area contributed by atoms with Crippen molar-refractivity contribution in [2.75, 3.05) is 6.54 Å².